The van der Waals surface area contributed by atoms with E-state index in [0.29, 0.717) is 0 Å². The molecule has 4 nitrogen and oxygen atoms in total. The second-order valence-electron chi connectivity index (χ2n) is 3.89. The summed E-state index contributed by atoms with van der Waals surface area (Å²) in [5.74, 6) is -0.476. The highest BCUT2D eigenvalue weighted by Crippen LogP contribution is 2.31. The molecule has 0 radical (unpaired) electrons. The van der Waals surface area contributed by atoms with Crippen LogP contribution < -0.4 is 4.74 Å². The minimum absolute atomic E-state index is 0.0134. The van der Waals surface area contributed by atoms with Crippen LogP contribution in [0.15, 0.2) is 18.2 Å². The van der Waals surface area contributed by atoms with Gasteiger partial charge in [-0.3, -0.25) is 10.1 Å². The molecule has 0 saturated heterocycles. The Kier molecular flexibility index (Phi) is 3.03. The lowest BCUT2D eigenvalue weighted by molar-refractivity contribution is -0.386. The summed E-state index contributed by atoms with van der Waals surface area (Å²) < 4.78 is 18.4. The van der Waals surface area contributed by atoms with Gasteiger partial charge in [0.25, 0.3) is 0 Å². The van der Waals surface area contributed by atoms with Gasteiger partial charge in [-0.05, 0) is 31.7 Å². The summed E-state index contributed by atoms with van der Waals surface area (Å²) in [6.07, 6.45) is 3.88. The molecule has 16 heavy (non-hydrogen) atoms. The van der Waals surface area contributed by atoms with Crippen LogP contribution in [-0.4, -0.2) is 11.0 Å². The third kappa shape index (κ3) is 2.29. The van der Waals surface area contributed by atoms with Crippen molar-refractivity contribution in [3.63, 3.8) is 0 Å². The maximum atomic E-state index is 13.0. The number of nitrogens with zero attached hydrogens (tertiary/aromatic N) is 1. The molecule has 5 heteroatoms. The Balaban J connectivity index is 2.22. The lowest BCUT2D eigenvalue weighted by Gasteiger charge is -2.12. The highest BCUT2D eigenvalue weighted by Gasteiger charge is 2.22. The highest BCUT2D eigenvalue weighted by atomic mass is 19.1. The first-order valence-electron chi connectivity index (χ1n) is 5.27. The minimum Gasteiger partial charge on any atom is -0.483 e. The SMILES string of the molecule is O=[N+]([O-])c1ccc(F)cc1OC1CCCC1. The van der Waals surface area contributed by atoms with E-state index in [9.17, 15) is 14.5 Å². The van der Waals surface area contributed by atoms with Crippen molar-refractivity contribution < 1.29 is 14.1 Å². The average Bonchev–Trinajstić information content (AvgIpc) is 2.70. The smallest absolute Gasteiger partial charge is 0.311 e. The van der Waals surface area contributed by atoms with E-state index >= 15 is 0 Å². The van der Waals surface area contributed by atoms with E-state index in [-0.39, 0.29) is 17.5 Å². The summed E-state index contributed by atoms with van der Waals surface area (Å²) in [6.45, 7) is 0. The zero-order chi connectivity index (χ0) is 11.5. The molecular formula is C11H12FNO3. The van der Waals surface area contributed by atoms with Crippen molar-refractivity contribution in [3.05, 3.63) is 34.1 Å². The Morgan fingerprint density at radius 3 is 2.69 bits per heavy atom. The number of nitro benzene ring substituents is 1. The van der Waals surface area contributed by atoms with Crippen LogP contribution in [-0.2, 0) is 0 Å². The van der Waals surface area contributed by atoms with Gasteiger partial charge in [0, 0.05) is 12.1 Å². The van der Waals surface area contributed by atoms with Gasteiger partial charge >= 0.3 is 5.69 Å². The molecule has 1 aliphatic rings. The summed E-state index contributed by atoms with van der Waals surface area (Å²) in [4.78, 5) is 10.2. The fourth-order valence-corrected chi connectivity index (χ4v) is 1.92. The highest BCUT2D eigenvalue weighted by molar-refractivity contribution is 5.46. The Morgan fingerprint density at radius 2 is 2.06 bits per heavy atom. The molecule has 0 unspecified atom stereocenters. The van der Waals surface area contributed by atoms with Gasteiger partial charge in [0.1, 0.15) is 5.82 Å². The van der Waals surface area contributed by atoms with Crippen molar-refractivity contribution in [2.75, 3.05) is 0 Å². The number of ether oxygens (including phenoxy) is 1. The molecule has 1 saturated carbocycles. The van der Waals surface area contributed by atoms with Crippen LogP contribution in [0.5, 0.6) is 5.75 Å². The van der Waals surface area contributed by atoms with Crippen molar-refractivity contribution in [1.82, 2.24) is 0 Å². The second kappa shape index (κ2) is 4.47. The lowest BCUT2D eigenvalue weighted by Crippen LogP contribution is -2.12. The van der Waals surface area contributed by atoms with Crippen LogP contribution in [0.4, 0.5) is 10.1 Å². The Hall–Kier alpha value is -1.65. The van der Waals surface area contributed by atoms with Crippen LogP contribution in [0.3, 0.4) is 0 Å². The van der Waals surface area contributed by atoms with Crippen LogP contribution in [0.25, 0.3) is 0 Å². The van der Waals surface area contributed by atoms with Gasteiger partial charge in [0.15, 0.2) is 5.75 Å². The summed E-state index contributed by atoms with van der Waals surface area (Å²) in [5.41, 5.74) is -0.173. The zero-order valence-corrected chi connectivity index (χ0v) is 8.69. The van der Waals surface area contributed by atoms with Crippen molar-refractivity contribution >= 4 is 5.69 Å². The van der Waals surface area contributed by atoms with Crippen LogP contribution in [0.2, 0.25) is 0 Å². The molecule has 1 aromatic carbocycles. The molecule has 86 valence electrons. The first-order valence-corrected chi connectivity index (χ1v) is 5.27. The van der Waals surface area contributed by atoms with Crippen molar-refractivity contribution in [3.8, 4) is 5.75 Å². The van der Waals surface area contributed by atoms with Gasteiger partial charge in [-0.25, -0.2) is 4.39 Å². The monoisotopic (exact) mass is 225 g/mol. The molecule has 2 rings (SSSR count). The molecule has 1 aliphatic carbocycles. The quantitative estimate of drug-likeness (QED) is 0.586. The van der Waals surface area contributed by atoms with E-state index < -0.39 is 10.7 Å². The molecule has 1 fully saturated rings. The number of hydrogen-bond acceptors (Lipinski definition) is 3. The fraction of sp³-hybridized carbons (Fsp3) is 0.455. The van der Waals surface area contributed by atoms with E-state index in [4.69, 9.17) is 4.74 Å². The number of hydrogen-bond donors (Lipinski definition) is 0. The predicted molar refractivity (Wildman–Crippen MR) is 55.9 cm³/mol. The zero-order valence-electron chi connectivity index (χ0n) is 8.69. The van der Waals surface area contributed by atoms with E-state index in [1.54, 1.807) is 0 Å². The maximum Gasteiger partial charge on any atom is 0.311 e. The largest absolute Gasteiger partial charge is 0.483 e. The van der Waals surface area contributed by atoms with E-state index in [2.05, 4.69) is 0 Å². The van der Waals surface area contributed by atoms with Crippen LogP contribution in [0, 0.1) is 15.9 Å². The third-order valence-electron chi connectivity index (χ3n) is 2.71. The van der Waals surface area contributed by atoms with Gasteiger partial charge in [-0.1, -0.05) is 0 Å². The molecule has 0 amide bonds. The Morgan fingerprint density at radius 1 is 1.38 bits per heavy atom. The number of halogens is 1. The van der Waals surface area contributed by atoms with Crippen LogP contribution in [0.1, 0.15) is 25.7 Å². The van der Waals surface area contributed by atoms with E-state index in [0.717, 1.165) is 43.9 Å². The standard InChI is InChI=1S/C11H12FNO3/c12-8-5-6-10(13(14)15)11(7-8)16-9-3-1-2-4-9/h5-7,9H,1-4H2. The average molecular weight is 225 g/mol. The van der Waals surface area contributed by atoms with Crippen molar-refractivity contribution in [2.45, 2.75) is 31.8 Å². The number of rotatable bonds is 3. The van der Waals surface area contributed by atoms with Crippen molar-refractivity contribution in [2.24, 2.45) is 0 Å². The Bertz CT molecular complexity index is 402. The minimum atomic E-state index is -0.552. The maximum absolute atomic E-state index is 13.0. The summed E-state index contributed by atoms with van der Waals surface area (Å²) >= 11 is 0. The molecule has 1 aromatic rings. The molecule has 0 N–H and O–H groups in total. The van der Waals surface area contributed by atoms with Gasteiger partial charge in [0.05, 0.1) is 11.0 Å². The van der Waals surface area contributed by atoms with Gasteiger partial charge in [-0.15, -0.1) is 0 Å². The number of benzene rings is 1. The van der Waals surface area contributed by atoms with Gasteiger partial charge in [0.2, 0.25) is 0 Å². The van der Waals surface area contributed by atoms with E-state index in [1.807, 2.05) is 0 Å². The summed E-state index contributed by atoms with van der Waals surface area (Å²) in [6, 6.07) is 3.29. The lowest BCUT2D eigenvalue weighted by atomic mass is 10.2. The Labute approximate surface area is 92.2 Å². The van der Waals surface area contributed by atoms with Gasteiger partial charge < -0.3 is 4.74 Å². The molecule has 0 atom stereocenters. The number of nitro groups is 1. The van der Waals surface area contributed by atoms with Gasteiger partial charge in [-0.2, -0.15) is 0 Å². The fourth-order valence-electron chi connectivity index (χ4n) is 1.92. The third-order valence-corrected chi connectivity index (χ3v) is 2.71. The normalized spacial score (nSPS) is 16.3. The topological polar surface area (TPSA) is 52.4 Å². The first-order chi connectivity index (χ1) is 7.66. The first kappa shape index (κ1) is 10.9. The molecule has 0 spiro atoms. The molecule has 0 aliphatic heterocycles. The molecule has 0 aromatic heterocycles. The summed E-state index contributed by atoms with van der Waals surface area (Å²) in [5, 5.41) is 10.7. The molecular weight excluding hydrogens is 213 g/mol. The molecule has 0 heterocycles. The van der Waals surface area contributed by atoms with Crippen LogP contribution >= 0.6 is 0 Å². The second-order valence-corrected chi connectivity index (χ2v) is 3.89. The van der Waals surface area contributed by atoms with E-state index in [1.165, 1.54) is 0 Å². The molecule has 0 bridgehead atoms. The summed E-state index contributed by atoms with van der Waals surface area (Å²) in [7, 11) is 0. The predicted octanol–water partition coefficient (Wildman–Crippen LogP) is 3.06. The van der Waals surface area contributed by atoms with Crippen molar-refractivity contribution in [1.29, 1.82) is 0 Å².